The molecule has 1 aromatic heterocycles. The molecule has 0 aliphatic carbocycles. The van der Waals surface area contributed by atoms with E-state index in [1.807, 2.05) is 11.7 Å². The second-order valence-electron chi connectivity index (χ2n) is 5.23. The molecule has 3 heterocycles. The van der Waals surface area contributed by atoms with Gasteiger partial charge in [0.15, 0.2) is 0 Å². The highest BCUT2D eigenvalue weighted by Gasteiger charge is 2.21. The van der Waals surface area contributed by atoms with Gasteiger partial charge in [-0.25, -0.2) is 0 Å². The van der Waals surface area contributed by atoms with Gasteiger partial charge in [-0.3, -0.25) is 4.68 Å². The van der Waals surface area contributed by atoms with E-state index in [1.165, 1.54) is 56.0 Å². The molecule has 17 heavy (non-hydrogen) atoms. The SMILES string of the molecule is Cn1nc(CCN2CCCCC2)c2c1NCC2. The number of piperidine rings is 1. The Morgan fingerprint density at radius 2 is 2.06 bits per heavy atom. The number of aromatic nitrogens is 2. The quantitative estimate of drug-likeness (QED) is 0.858. The fourth-order valence-electron chi connectivity index (χ4n) is 3.06. The van der Waals surface area contributed by atoms with E-state index in [1.54, 1.807) is 0 Å². The topological polar surface area (TPSA) is 33.1 Å². The van der Waals surface area contributed by atoms with Crippen LogP contribution in [0.1, 0.15) is 30.5 Å². The molecule has 0 saturated carbocycles. The maximum atomic E-state index is 4.64. The molecule has 3 rings (SSSR count). The van der Waals surface area contributed by atoms with Gasteiger partial charge in [0.2, 0.25) is 0 Å². The van der Waals surface area contributed by atoms with Crippen molar-refractivity contribution >= 4 is 5.82 Å². The van der Waals surface area contributed by atoms with E-state index in [-0.39, 0.29) is 0 Å². The Hall–Kier alpha value is -1.03. The highest BCUT2D eigenvalue weighted by atomic mass is 15.3. The standard InChI is InChI=1S/C13H22N4/c1-16-13-11(5-7-14-13)12(15-16)6-10-17-8-3-2-4-9-17/h14H,2-10H2,1H3. The van der Waals surface area contributed by atoms with Crippen LogP contribution in [0.25, 0.3) is 0 Å². The van der Waals surface area contributed by atoms with Crippen molar-refractivity contribution in [3.63, 3.8) is 0 Å². The smallest absolute Gasteiger partial charge is 0.127 e. The van der Waals surface area contributed by atoms with E-state index in [0.29, 0.717) is 0 Å². The lowest BCUT2D eigenvalue weighted by molar-refractivity contribution is 0.230. The Kier molecular flexibility index (Phi) is 3.05. The Bertz CT molecular complexity index is 390. The maximum absolute atomic E-state index is 4.64. The molecule has 4 nitrogen and oxygen atoms in total. The summed E-state index contributed by atoms with van der Waals surface area (Å²) in [6.07, 6.45) is 6.44. The van der Waals surface area contributed by atoms with Gasteiger partial charge in [0.05, 0.1) is 5.69 Å². The number of likely N-dealkylation sites (tertiary alicyclic amines) is 1. The minimum absolute atomic E-state index is 1.08. The average Bonchev–Trinajstić information content (AvgIpc) is 2.93. The first-order valence-electron chi connectivity index (χ1n) is 6.85. The van der Waals surface area contributed by atoms with E-state index in [2.05, 4.69) is 15.3 Å². The largest absolute Gasteiger partial charge is 0.370 e. The zero-order valence-corrected chi connectivity index (χ0v) is 10.7. The molecule has 1 aromatic rings. The van der Waals surface area contributed by atoms with Crippen molar-refractivity contribution in [2.45, 2.75) is 32.1 Å². The van der Waals surface area contributed by atoms with Crippen LogP contribution in [0, 0.1) is 0 Å². The molecule has 1 saturated heterocycles. The Morgan fingerprint density at radius 3 is 2.88 bits per heavy atom. The number of nitrogens with zero attached hydrogens (tertiary/aromatic N) is 3. The first kappa shape index (κ1) is 11.1. The van der Waals surface area contributed by atoms with Gasteiger partial charge in [-0.05, 0) is 32.4 Å². The van der Waals surface area contributed by atoms with Crippen molar-refractivity contribution in [2.24, 2.45) is 7.05 Å². The average molecular weight is 234 g/mol. The van der Waals surface area contributed by atoms with Crippen molar-refractivity contribution in [2.75, 3.05) is 31.5 Å². The normalized spacial score (nSPS) is 20.3. The lowest BCUT2D eigenvalue weighted by atomic mass is 10.1. The molecule has 0 spiro atoms. The van der Waals surface area contributed by atoms with Crippen molar-refractivity contribution in [1.29, 1.82) is 0 Å². The van der Waals surface area contributed by atoms with Gasteiger partial charge in [-0.2, -0.15) is 5.10 Å². The van der Waals surface area contributed by atoms with Crippen LogP contribution in [-0.2, 0) is 19.9 Å². The molecular formula is C13H22N4. The summed E-state index contributed by atoms with van der Waals surface area (Å²) in [4.78, 5) is 2.59. The van der Waals surface area contributed by atoms with Crippen molar-refractivity contribution < 1.29 is 0 Å². The lowest BCUT2D eigenvalue weighted by Crippen LogP contribution is -2.31. The highest BCUT2D eigenvalue weighted by molar-refractivity contribution is 5.52. The molecule has 0 radical (unpaired) electrons. The minimum atomic E-state index is 1.08. The molecule has 0 bridgehead atoms. The predicted molar refractivity (Wildman–Crippen MR) is 69.4 cm³/mol. The number of anilines is 1. The molecule has 1 N–H and O–H groups in total. The first-order valence-corrected chi connectivity index (χ1v) is 6.85. The Balaban J connectivity index is 1.63. The fourth-order valence-corrected chi connectivity index (χ4v) is 3.06. The van der Waals surface area contributed by atoms with Gasteiger partial charge in [0.1, 0.15) is 5.82 Å². The van der Waals surface area contributed by atoms with E-state index in [0.717, 1.165) is 19.4 Å². The number of hydrogen-bond acceptors (Lipinski definition) is 3. The molecule has 0 atom stereocenters. The maximum Gasteiger partial charge on any atom is 0.127 e. The van der Waals surface area contributed by atoms with Gasteiger partial charge in [0.25, 0.3) is 0 Å². The van der Waals surface area contributed by atoms with Crippen LogP contribution < -0.4 is 5.32 Å². The number of aryl methyl sites for hydroxylation is 1. The van der Waals surface area contributed by atoms with Crippen LogP contribution in [0.5, 0.6) is 0 Å². The van der Waals surface area contributed by atoms with Crippen LogP contribution in [-0.4, -0.2) is 40.9 Å². The van der Waals surface area contributed by atoms with Crippen molar-refractivity contribution in [3.8, 4) is 0 Å². The van der Waals surface area contributed by atoms with E-state index >= 15 is 0 Å². The van der Waals surface area contributed by atoms with Gasteiger partial charge >= 0.3 is 0 Å². The number of hydrogen-bond donors (Lipinski definition) is 1. The zero-order chi connectivity index (χ0) is 11.7. The zero-order valence-electron chi connectivity index (χ0n) is 10.7. The van der Waals surface area contributed by atoms with Gasteiger partial charge in [-0.15, -0.1) is 0 Å². The molecule has 0 aromatic carbocycles. The molecule has 0 unspecified atom stereocenters. The molecular weight excluding hydrogens is 212 g/mol. The summed E-state index contributed by atoms with van der Waals surface area (Å²) in [6, 6.07) is 0. The van der Waals surface area contributed by atoms with Gasteiger partial charge < -0.3 is 10.2 Å². The molecule has 2 aliphatic heterocycles. The number of nitrogens with one attached hydrogen (secondary N) is 1. The third-order valence-electron chi connectivity index (χ3n) is 4.01. The molecule has 94 valence electrons. The van der Waals surface area contributed by atoms with E-state index in [4.69, 9.17) is 0 Å². The fraction of sp³-hybridized carbons (Fsp3) is 0.769. The first-order chi connectivity index (χ1) is 8.34. The summed E-state index contributed by atoms with van der Waals surface area (Å²) in [7, 11) is 2.04. The Morgan fingerprint density at radius 1 is 1.24 bits per heavy atom. The van der Waals surface area contributed by atoms with Crippen LogP contribution in [0.3, 0.4) is 0 Å². The molecule has 2 aliphatic rings. The van der Waals surface area contributed by atoms with Crippen LogP contribution in [0.2, 0.25) is 0 Å². The van der Waals surface area contributed by atoms with Crippen molar-refractivity contribution in [1.82, 2.24) is 14.7 Å². The summed E-state index contributed by atoms with van der Waals surface area (Å²) in [5.41, 5.74) is 2.78. The third-order valence-corrected chi connectivity index (χ3v) is 4.01. The summed E-state index contributed by atoms with van der Waals surface area (Å²) < 4.78 is 2.01. The molecule has 1 fully saturated rings. The predicted octanol–water partition coefficient (Wildman–Crippen LogP) is 1.42. The molecule has 0 amide bonds. The third kappa shape index (κ3) is 2.18. The second-order valence-corrected chi connectivity index (χ2v) is 5.23. The minimum Gasteiger partial charge on any atom is -0.370 e. The molecule has 4 heteroatoms. The highest BCUT2D eigenvalue weighted by Crippen LogP contribution is 2.25. The summed E-state index contributed by atoms with van der Waals surface area (Å²) in [5, 5.41) is 8.06. The van der Waals surface area contributed by atoms with Gasteiger partial charge in [-0.1, -0.05) is 6.42 Å². The second kappa shape index (κ2) is 4.69. The van der Waals surface area contributed by atoms with E-state index in [9.17, 15) is 0 Å². The van der Waals surface area contributed by atoms with Crippen LogP contribution in [0.4, 0.5) is 5.82 Å². The monoisotopic (exact) mass is 234 g/mol. The lowest BCUT2D eigenvalue weighted by Gasteiger charge is -2.26. The number of fused-ring (bicyclic) bond motifs is 1. The van der Waals surface area contributed by atoms with Crippen LogP contribution >= 0.6 is 0 Å². The number of rotatable bonds is 3. The summed E-state index contributed by atoms with van der Waals surface area (Å²) in [6.45, 7) is 4.84. The van der Waals surface area contributed by atoms with Crippen LogP contribution in [0.15, 0.2) is 0 Å². The van der Waals surface area contributed by atoms with E-state index < -0.39 is 0 Å². The van der Waals surface area contributed by atoms with Gasteiger partial charge in [0, 0.05) is 32.1 Å². The summed E-state index contributed by atoms with van der Waals surface area (Å²) in [5.74, 6) is 1.25. The Labute approximate surface area is 103 Å². The summed E-state index contributed by atoms with van der Waals surface area (Å²) >= 11 is 0. The van der Waals surface area contributed by atoms with Crippen molar-refractivity contribution in [3.05, 3.63) is 11.3 Å².